The van der Waals surface area contributed by atoms with Crippen molar-refractivity contribution in [3.8, 4) is 11.4 Å². The Hall–Kier alpha value is -1.62. The highest BCUT2D eigenvalue weighted by Crippen LogP contribution is 2.43. The Morgan fingerprint density at radius 1 is 1.13 bits per heavy atom. The molecule has 2 heterocycles. The first-order valence-electron chi connectivity index (χ1n) is 8.39. The summed E-state index contributed by atoms with van der Waals surface area (Å²) in [5.41, 5.74) is 3.60. The van der Waals surface area contributed by atoms with Gasteiger partial charge in [-0.1, -0.05) is 6.42 Å². The summed E-state index contributed by atoms with van der Waals surface area (Å²) in [4.78, 5) is 13.7. The van der Waals surface area contributed by atoms with Crippen molar-refractivity contribution in [3.63, 3.8) is 0 Å². The van der Waals surface area contributed by atoms with Gasteiger partial charge in [-0.3, -0.25) is 4.98 Å². The largest absolute Gasteiger partial charge is 0.368 e. The first kappa shape index (κ1) is 14.9. The van der Waals surface area contributed by atoms with Gasteiger partial charge in [-0.05, 0) is 50.5 Å². The molecule has 2 aromatic rings. The first-order chi connectivity index (χ1) is 11.3. The lowest BCUT2D eigenvalue weighted by atomic mass is 9.84. The van der Waals surface area contributed by atoms with Crippen LogP contribution in [0, 0.1) is 0 Å². The Bertz CT molecular complexity index is 692. The fourth-order valence-corrected chi connectivity index (χ4v) is 4.39. The molecule has 1 fully saturated rings. The van der Waals surface area contributed by atoms with Gasteiger partial charge in [0, 0.05) is 40.5 Å². The van der Waals surface area contributed by atoms with Crippen molar-refractivity contribution in [3.05, 3.63) is 35.8 Å². The lowest BCUT2D eigenvalue weighted by molar-refractivity contribution is 0.379. The van der Waals surface area contributed by atoms with Gasteiger partial charge in [0.1, 0.15) is 5.82 Å². The maximum absolute atomic E-state index is 4.85. The molecule has 0 unspecified atom stereocenters. The molecule has 0 spiro atoms. The fraction of sp³-hybridized carbons (Fsp3) is 0.500. The van der Waals surface area contributed by atoms with Gasteiger partial charge in [0.15, 0.2) is 5.82 Å². The average Bonchev–Trinajstić information content (AvgIpc) is 3.03. The minimum atomic E-state index is 0.410. The van der Waals surface area contributed by atoms with E-state index in [1.165, 1.54) is 36.9 Å². The molecular weight excluding hydrogens is 304 g/mol. The molecule has 2 aliphatic rings. The minimum absolute atomic E-state index is 0.410. The fourth-order valence-electron chi connectivity index (χ4n) is 3.48. The minimum Gasteiger partial charge on any atom is -0.368 e. The third kappa shape index (κ3) is 2.82. The number of nitrogens with one attached hydrogen (secondary N) is 1. The summed E-state index contributed by atoms with van der Waals surface area (Å²) < 4.78 is 0.410. The number of nitrogens with zero attached hydrogens (tertiary/aromatic N) is 3. The van der Waals surface area contributed by atoms with E-state index in [1.54, 1.807) is 12.4 Å². The molecule has 0 amide bonds. The second-order valence-corrected chi connectivity index (χ2v) is 7.78. The van der Waals surface area contributed by atoms with Gasteiger partial charge in [-0.25, -0.2) is 9.97 Å². The van der Waals surface area contributed by atoms with Crippen LogP contribution in [0.15, 0.2) is 24.5 Å². The second-order valence-electron chi connectivity index (χ2n) is 6.50. The predicted octanol–water partition coefficient (Wildman–Crippen LogP) is 3.72. The highest BCUT2D eigenvalue weighted by atomic mass is 32.2. The Morgan fingerprint density at radius 2 is 1.96 bits per heavy atom. The van der Waals surface area contributed by atoms with Crippen molar-refractivity contribution in [1.82, 2.24) is 15.0 Å². The quantitative estimate of drug-likeness (QED) is 0.907. The van der Waals surface area contributed by atoms with E-state index in [4.69, 9.17) is 9.97 Å². The number of anilines is 1. The summed E-state index contributed by atoms with van der Waals surface area (Å²) in [5.74, 6) is 1.88. The van der Waals surface area contributed by atoms with Crippen LogP contribution in [-0.2, 0) is 12.8 Å². The zero-order valence-electron chi connectivity index (χ0n) is 13.5. The third-order valence-electron chi connectivity index (χ3n) is 5.15. The van der Waals surface area contributed by atoms with Crippen LogP contribution >= 0.6 is 11.8 Å². The van der Waals surface area contributed by atoms with E-state index >= 15 is 0 Å². The first-order valence-corrected chi connectivity index (χ1v) is 9.61. The number of thioether (sulfide) groups is 1. The molecule has 1 N–H and O–H groups in total. The number of fused-ring (bicyclic) bond motifs is 1. The van der Waals surface area contributed by atoms with Crippen LogP contribution < -0.4 is 5.32 Å². The summed E-state index contributed by atoms with van der Waals surface area (Å²) in [5, 5.41) is 3.66. The van der Waals surface area contributed by atoms with Gasteiger partial charge in [-0.2, -0.15) is 11.8 Å². The van der Waals surface area contributed by atoms with Crippen LogP contribution in [0.5, 0.6) is 0 Å². The standard InChI is InChI=1S/C18H22N4S/c1-23-18(8-3-9-18)12-20-17-14-4-2-5-15(14)21-16(22-17)13-6-10-19-11-7-13/h6-7,10-11H,2-5,8-9,12H2,1H3,(H,20,21,22). The van der Waals surface area contributed by atoms with Gasteiger partial charge in [0.25, 0.3) is 0 Å². The zero-order valence-corrected chi connectivity index (χ0v) is 14.3. The summed E-state index contributed by atoms with van der Waals surface area (Å²) in [6, 6.07) is 3.96. The molecule has 1 saturated carbocycles. The highest BCUT2D eigenvalue weighted by Gasteiger charge is 2.36. The topological polar surface area (TPSA) is 50.7 Å². The number of hydrogen-bond acceptors (Lipinski definition) is 5. The SMILES string of the molecule is CSC1(CNc2nc(-c3ccncc3)nc3c2CCC3)CCC1. The molecule has 23 heavy (non-hydrogen) atoms. The summed E-state index contributed by atoms with van der Waals surface area (Å²) in [6.07, 6.45) is 13.2. The molecule has 5 heteroatoms. The van der Waals surface area contributed by atoms with Crippen LogP contribution in [-0.4, -0.2) is 32.5 Å². The van der Waals surface area contributed by atoms with Gasteiger partial charge in [0.05, 0.1) is 0 Å². The molecule has 2 aliphatic carbocycles. The van der Waals surface area contributed by atoms with E-state index in [-0.39, 0.29) is 0 Å². The van der Waals surface area contributed by atoms with E-state index in [0.717, 1.165) is 36.6 Å². The zero-order chi connectivity index (χ0) is 15.7. The molecule has 4 rings (SSSR count). The molecule has 0 bridgehead atoms. The van der Waals surface area contributed by atoms with E-state index in [0.29, 0.717) is 4.75 Å². The highest BCUT2D eigenvalue weighted by molar-refractivity contribution is 8.00. The Kier molecular flexibility index (Phi) is 3.97. The lowest BCUT2D eigenvalue weighted by Crippen LogP contribution is -2.40. The van der Waals surface area contributed by atoms with Gasteiger partial charge in [-0.15, -0.1) is 0 Å². The Morgan fingerprint density at radius 3 is 2.65 bits per heavy atom. The van der Waals surface area contributed by atoms with Gasteiger partial charge >= 0.3 is 0 Å². The van der Waals surface area contributed by atoms with Crippen LogP contribution in [0.3, 0.4) is 0 Å². The molecular formula is C18H22N4S. The molecule has 0 radical (unpaired) electrons. The molecule has 2 aromatic heterocycles. The summed E-state index contributed by atoms with van der Waals surface area (Å²) in [7, 11) is 0. The molecule has 4 nitrogen and oxygen atoms in total. The lowest BCUT2D eigenvalue weighted by Gasteiger charge is -2.40. The number of aryl methyl sites for hydroxylation is 1. The van der Waals surface area contributed by atoms with Crippen LogP contribution in [0.25, 0.3) is 11.4 Å². The van der Waals surface area contributed by atoms with E-state index in [1.807, 2.05) is 23.9 Å². The molecule has 120 valence electrons. The predicted molar refractivity (Wildman–Crippen MR) is 95.9 cm³/mol. The summed E-state index contributed by atoms with van der Waals surface area (Å²) >= 11 is 2.00. The average molecular weight is 326 g/mol. The van der Waals surface area contributed by atoms with Crippen molar-refractivity contribution >= 4 is 17.6 Å². The monoisotopic (exact) mass is 326 g/mol. The molecule has 0 saturated heterocycles. The maximum atomic E-state index is 4.85. The Labute approximate surface area is 141 Å². The van der Waals surface area contributed by atoms with Crippen LogP contribution in [0.1, 0.15) is 36.9 Å². The van der Waals surface area contributed by atoms with Crippen LogP contribution in [0.4, 0.5) is 5.82 Å². The van der Waals surface area contributed by atoms with Gasteiger partial charge in [0.2, 0.25) is 0 Å². The van der Waals surface area contributed by atoms with Crippen molar-refractivity contribution in [2.24, 2.45) is 0 Å². The maximum Gasteiger partial charge on any atom is 0.161 e. The smallest absolute Gasteiger partial charge is 0.161 e. The normalized spacial score (nSPS) is 18.3. The second kappa shape index (κ2) is 6.11. The third-order valence-corrected chi connectivity index (χ3v) is 6.57. The number of rotatable bonds is 5. The van der Waals surface area contributed by atoms with Crippen molar-refractivity contribution < 1.29 is 0 Å². The van der Waals surface area contributed by atoms with E-state index in [2.05, 4.69) is 16.6 Å². The van der Waals surface area contributed by atoms with Crippen LogP contribution in [0.2, 0.25) is 0 Å². The molecule has 0 aromatic carbocycles. The Balaban J connectivity index is 1.64. The van der Waals surface area contributed by atoms with E-state index < -0.39 is 0 Å². The summed E-state index contributed by atoms with van der Waals surface area (Å²) in [6.45, 7) is 1.01. The number of hydrogen-bond donors (Lipinski definition) is 1. The number of pyridine rings is 1. The van der Waals surface area contributed by atoms with Crippen molar-refractivity contribution in [2.75, 3.05) is 18.1 Å². The van der Waals surface area contributed by atoms with Crippen molar-refractivity contribution in [1.29, 1.82) is 0 Å². The molecule has 0 atom stereocenters. The molecule has 0 aliphatic heterocycles. The van der Waals surface area contributed by atoms with Gasteiger partial charge < -0.3 is 5.32 Å². The van der Waals surface area contributed by atoms with Crippen molar-refractivity contribution in [2.45, 2.75) is 43.3 Å². The number of aromatic nitrogens is 3. The van der Waals surface area contributed by atoms with E-state index in [9.17, 15) is 0 Å².